The van der Waals surface area contributed by atoms with Crippen molar-refractivity contribution in [2.45, 2.75) is 333 Å². The number of hydrogen-bond donors (Lipinski definition) is 6. The number of carbonyl (C=O) groups is 2. The largest absolute Gasteiger partial charge is 0.466 e. The first-order valence-electron chi connectivity index (χ1n) is 31.3. The van der Waals surface area contributed by atoms with Crippen molar-refractivity contribution < 1.29 is 49.3 Å². The third-order valence-electron chi connectivity index (χ3n) is 14.7. The number of carbonyl (C=O) groups excluding carboxylic acids is 2. The maximum absolute atomic E-state index is 13.0. The van der Waals surface area contributed by atoms with Crippen molar-refractivity contribution >= 4 is 11.9 Å². The average Bonchev–Trinajstić information content (AvgIpc) is 3.40. The molecule has 0 radical (unpaired) electrons. The fourth-order valence-electron chi connectivity index (χ4n) is 9.76. The van der Waals surface area contributed by atoms with Crippen LogP contribution in [0.1, 0.15) is 290 Å². The summed E-state index contributed by atoms with van der Waals surface area (Å²) in [6.07, 6.45) is 55.4. The zero-order valence-corrected chi connectivity index (χ0v) is 47.8. The molecule has 0 aliphatic carbocycles. The summed E-state index contributed by atoms with van der Waals surface area (Å²) in [5, 5.41) is 54.2. The molecule has 6 N–H and O–H groups in total. The molecule has 1 rings (SSSR count). The summed E-state index contributed by atoms with van der Waals surface area (Å²) in [5.41, 5.74) is 0. The van der Waals surface area contributed by atoms with Crippen LogP contribution in [0, 0.1) is 0 Å². The van der Waals surface area contributed by atoms with Gasteiger partial charge in [-0.1, -0.05) is 249 Å². The molecule has 1 fully saturated rings. The number of unbranched alkanes of at least 4 members (excludes halogenated alkanes) is 36. The molecule has 0 aromatic heterocycles. The molecule has 1 amide bonds. The lowest BCUT2D eigenvalue weighted by Gasteiger charge is -2.40. The number of amides is 1. The Hall–Kier alpha value is -2.12. The fourth-order valence-corrected chi connectivity index (χ4v) is 9.76. The second-order valence-corrected chi connectivity index (χ2v) is 21.8. The standard InChI is InChI=1S/C63H117NO10/c1-3-5-7-9-11-13-14-15-24-28-31-35-39-43-47-51-59(68)72-52-48-44-40-36-32-29-26-23-21-19-17-16-18-20-22-25-27-30-34-38-42-46-50-58(67)64-55(56(66)49-45-41-37-33-12-10-8-6-4-2)54-73-63-62(71)61(70)60(69)57(53-65)74-63/h11,13,15,24,45,49,55-57,60-63,65-66,69-71H,3-10,12,14,16-23,25-44,46-48,50-54H2,1-2H3,(H,64,67)/b13-11-,24-15-,49-45+. The predicted molar refractivity (Wildman–Crippen MR) is 306 cm³/mol. The molecule has 7 atom stereocenters. The van der Waals surface area contributed by atoms with E-state index in [0.717, 1.165) is 77.0 Å². The molecule has 0 bridgehead atoms. The predicted octanol–water partition coefficient (Wildman–Crippen LogP) is 14.7. The Morgan fingerprint density at radius 3 is 1.39 bits per heavy atom. The number of esters is 1. The lowest BCUT2D eigenvalue weighted by Crippen LogP contribution is -2.60. The lowest BCUT2D eigenvalue weighted by atomic mass is 9.99. The molecule has 1 aliphatic rings. The van der Waals surface area contributed by atoms with Crippen LogP contribution in [0.15, 0.2) is 36.5 Å². The molecule has 0 aromatic carbocycles. The highest BCUT2D eigenvalue weighted by Crippen LogP contribution is 2.23. The van der Waals surface area contributed by atoms with E-state index in [0.29, 0.717) is 19.4 Å². The molecule has 0 aromatic rings. The number of hydrogen-bond acceptors (Lipinski definition) is 10. The van der Waals surface area contributed by atoms with Crippen molar-refractivity contribution in [3.8, 4) is 0 Å². The lowest BCUT2D eigenvalue weighted by molar-refractivity contribution is -0.302. The monoisotopic (exact) mass is 1050 g/mol. The summed E-state index contributed by atoms with van der Waals surface area (Å²) in [6, 6.07) is -0.809. The molecule has 0 saturated carbocycles. The topological polar surface area (TPSA) is 175 Å². The molecule has 1 heterocycles. The summed E-state index contributed by atoms with van der Waals surface area (Å²) in [5.74, 6) is -0.197. The van der Waals surface area contributed by atoms with Crippen LogP contribution >= 0.6 is 0 Å². The Morgan fingerprint density at radius 1 is 0.500 bits per heavy atom. The maximum atomic E-state index is 13.0. The molecule has 1 saturated heterocycles. The van der Waals surface area contributed by atoms with Crippen LogP contribution in [0.5, 0.6) is 0 Å². The minimum absolute atomic E-state index is 0.0134. The molecule has 11 heteroatoms. The maximum Gasteiger partial charge on any atom is 0.305 e. The van der Waals surface area contributed by atoms with E-state index < -0.39 is 49.5 Å². The molecule has 1 aliphatic heterocycles. The van der Waals surface area contributed by atoms with Gasteiger partial charge in [-0.25, -0.2) is 0 Å². The Labute approximate surface area is 453 Å². The number of aliphatic hydroxyl groups excluding tert-OH is 5. The van der Waals surface area contributed by atoms with Crippen LogP contribution in [0.3, 0.4) is 0 Å². The quantitative estimate of drug-likeness (QED) is 0.0195. The summed E-state index contributed by atoms with van der Waals surface area (Å²) in [6.45, 7) is 4.29. The number of nitrogens with one attached hydrogen (secondary N) is 1. The molecule has 434 valence electrons. The molecule has 0 spiro atoms. The number of allylic oxidation sites excluding steroid dienone is 5. The molecular formula is C63H117NO10. The SMILES string of the molecule is CCCCC/C=C\C/C=C\CCCCCCCC(=O)OCCCCCCCCCCCCCCCCCCCCCCCCC(=O)NC(COC1OC(CO)C(O)C(O)C1O)C(O)/C=C/CCCCCCCCC. The van der Waals surface area contributed by atoms with Gasteiger partial charge < -0.3 is 45.1 Å². The number of aliphatic hydroxyl groups is 5. The zero-order chi connectivity index (χ0) is 53.8. The van der Waals surface area contributed by atoms with E-state index in [2.05, 4.69) is 43.5 Å². The van der Waals surface area contributed by atoms with Crippen LogP contribution in [-0.4, -0.2) is 100 Å². The second-order valence-electron chi connectivity index (χ2n) is 21.8. The van der Waals surface area contributed by atoms with E-state index in [1.165, 1.54) is 186 Å². The van der Waals surface area contributed by atoms with Crippen molar-refractivity contribution in [1.82, 2.24) is 5.32 Å². The first-order chi connectivity index (χ1) is 36.2. The normalized spacial score (nSPS) is 19.0. The van der Waals surface area contributed by atoms with E-state index in [4.69, 9.17) is 14.2 Å². The zero-order valence-electron chi connectivity index (χ0n) is 47.8. The first kappa shape index (κ1) is 69.9. The van der Waals surface area contributed by atoms with Gasteiger partial charge in [-0.3, -0.25) is 9.59 Å². The van der Waals surface area contributed by atoms with Crippen molar-refractivity contribution in [1.29, 1.82) is 0 Å². The van der Waals surface area contributed by atoms with Gasteiger partial charge in [0, 0.05) is 12.8 Å². The van der Waals surface area contributed by atoms with Gasteiger partial charge in [0.1, 0.15) is 24.4 Å². The van der Waals surface area contributed by atoms with Gasteiger partial charge in [0.05, 0.1) is 32.0 Å². The van der Waals surface area contributed by atoms with Gasteiger partial charge >= 0.3 is 5.97 Å². The smallest absolute Gasteiger partial charge is 0.305 e. The summed E-state index contributed by atoms with van der Waals surface area (Å²) in [4.78, 5) is 25.1. The Morgan fingerprint density at radius 2 is 0.905 bits per heavy atom. The van der Waals surface area contributed by atoms with Crippen LogP contribution in [0.25, 0.3) is 0 Å². The third-order valence-corrected chi connectivity index (χ3v) is 14.7. The fraction of sp³-hybridized carbons (Fsp3) is 0.873. The Bertz CT molecular complexity index is 1320. The van der Waals surface area contributed by atoms with E-state index in [1.54, 1.807) is 6.08 Å². The van der Waals surface area contributed by atoms with Gasteiger partial charge in [0.25, 0.3) is 0 Å². The highest BCUT2D eigenvalue weighted by molar-refractivity contribution is 5.76. The molecular weight excluding hydrogens is 931 g/mol. The van der Waals surface area contributed by atoms with Crippen molar-refractivity contribution in [3.63, 3.8) is 0 Å². The van der Waals surface area contributed by atoms with Gasteiger partial charge in [-0.05, 0) is 64.2 Å². The molecule has 11 nitrogen and oxygen atoms in total. The average molecular weight is 1050 g/mol. The second kappa shape index (κ2) is 52.9. The molecule has 7 unspecified atom stereocenters. The molecule has 74 heavy (non-hydrogen) atoms. The van der Waals surface area contributed by atoms with Gasteiger partial charge in [-0.2, -0.15) is 0 Å². The highest BCUT2D eigenvalue weighted by Gasteiger charge is 2.44. The van der Waals surface area contributed by atoms with Crippen molar-refractivity contribution in [3.05, 3.63) is 36.5 Å². The van der Waals surface area contributed by atoms with E-state index >= 15 is 0 Å². The van der Waals surface area contributed by atoms with Crippen LogP contribution < -0.4 is 5.32 Å². The van der Waals surface area contributed by atoms with Crippen molar-refractivity contribution in [2.75, 3.05) is 19.8 Å². The Balaban J connectivity index is 1.97. The summed E-state index contributed by atoms with van der Waals surface area (Å²) >= 11 is 0. The van der Waals surface area contributed by atoms with Crippen LogP contribution in [0.2, 0.25) is 0 Å². The van der Waals surface area contributed by atoms with Gasteiger partial charge in [-0.15, -0.1) is 0 Å². The van der Waals surface area contributed by atoms with E-state index in [1.807, 2.05) is 6.08 Å². The van der Waals surface area contributed by atoms with Crippen molar-refractivity contribution in [2.24, 2.45) is 0 Å². The van der Waals surface area contributed by atoms with E-state index in [-0.39, 0.29) is 18.5 Å². The summed E-state index contributed by atoms with van der Waals surface area (Å²) < 4.78 is 16.7. The van der Waals surface area contributed by atoms with Gasteiger partial charge in [0.15, 0.2) is 6.29 Å². The van der Waals surface area contributed by atoms with Gasteiger partial charge in [0.2, 0.25) is 5.91 Å². The number of rotatable bonds is 54. The van der Waals surface area contributed by atoms with Crippen LogP contribution in [0.4, 0.5) is 0 Å². The number of ether oxygens (including phenoxy) is 3. The third kappa shape index (κ3) is 42.0. The first-order valence-corrected chi connectivity index (χ1v) is 31.3. The van der Waals surface area contributed by atoms with Crippen LogP contribution in [-0.2, 0) is 23.8 Å². The van der Waals surface area contributed by atoms with E-state index in [9.17, 15) is 35.1 Å². The minimum Gasteiger partial charge on any atom is -0.466 e. The highest BCUT2D eigenvalue weighted by atomic mass is 16.7. The minimum atomic E-state index is -1.57. The summed E-state index contributed by atoms with van der Waals surface area (Å²) in [7, 11) is 0. The Kier molecular flexibility index (Phi) is 50.0.